The summed E-state index contributed by atoms with van der Waals surface area (Å²) in [4.78, 5) is 10.9. The Morgan fingerprint density at radius 3 is 2.59 bits per heavy atom. The fourth-order valence-corrected chi connectivity index (χ4v) is 1.97. The zero-order chi connectivity index (χ0) is 12.6. The number of primary amides is 1. The summed E-state index contributed by atoms with van der Waals surface area (Å²) >= 11 is 0. The first kappa shape index (κ1) is 11.7. The lowest BCUT2D eigenvalue weighted by atomic mass is 9.86. The third-order valence-electron chi connectivity index (χ3n) is 2.96. The average molecular weight is 230 g/mol. The fraction of sp³-hybridized carbons (Fsp3) is 0.357. The number of carbonyl (C=O) groups excluding carboxylic acids is 1. The van der Waals surface area contributed by atoms with Crippen LogP contribution < -0.4 is 5.73 Å². The number of rotatable bonds is 2. The number of amides is 1. The Balaban J connectivity index is 2.48. The molecule has 3 nitrogen and oxygen atoms in total. The lowest BCUT2D eigenvalue weighted by molar-refractivity contribution is -0.118. The van der Waals surface area contributed by atoms with Crippen molar-refractivity contribution in [3.8, 4) is 0 Å². The molecule has 0 aliphatic rings. The van der Waals surface area contributed by atoms with Gasteiger partial charge in [-0.1, -0.05) is 26.8 Å². The van der Waals surface area contributed by atoms with Crippen LogP contribution >= 0.6 is 0 Å². The summed E-state index contributed by atoms with van der Waals surface area (Å²) in [5, 5.41) is 1.15. The summed E-state index contributed by atoms with van der Waals surface area (Å²) in [6.07, 6.45) is 1.90. The van der Waals surface area contributed by atoms with E-state index in [-0.39, 0.29) is 17.9 Å². The third-order valence-corrected chi connectivity index (χ3v) is 2.96. The van der Waals surface area contributed by atoms with E-state index in [4.69, 9.17) is 5.73 Å². The molecule has 0 unspecified atom stereocenters. The van der Waals surface area contributed by atoms with Gasteiger partial charge in [0.25, 0.3) is 0 Å². The molecule has 1 heterocycles. The minimum atomic E-state index is -0.317. The Hall–Kier alpha value is -1.77. The van der Waals surface area contributed by atoms with Gasteiger partial charge in [-0.2, -0.15) is 0 Å². The molecule has 90 valence electrons. The van der Waals surface area contributed by atoms with Gasteiger partial charge in [0.1, 0.15) is 6.54 Å². The Morgan fingerprint density at radius 1 is 1.29 bits per heavy atom. The van der Waals surface area contributed by atoms with E-state index in [2.05, 4.69) is 39.0 Å². The number of hydrogen-bond acceptors (Lipinski definition) is 1. The smallest absolute Gasteiger partial charge is 0.237 e. The lowest BCUT2D eigenvalue weighted by Crippen LogP contribution is -2.18. The van der Waals surface area contributed by atoms with Gasteiger partial charge in [-0.05, 0) is 34.6 Å². The quantitative estimate of drug-likeness (QED) is 0.846. The molecule has 0 fully saturated rings. The van der Waals surface area contributed by atoms with E-state index in [1.807, 2.05) is 16.8 Å². The first-order valence-electron chi connectivity index (χ1n) is 5.75. The Kier molecular flexibility index (Phi) is 2.69. The van der Waals surface area contributed by atoms with Crippen molar-refractivity contribution in [3.63, 3.8) is 0 Å². The second-order valence-corrected chi connectivity index (χ2v) is 5.43. The van der Waals surface area contributed by atoms with Crippen molar-refractivity contribution in [2.45, 2.75) is 32.7 Å². The number of fused-ring (bicyclic) bond motifs is 1. The van der Waals surface area contributed by atoms with Crippen molar-refractivity contribution in [3.05, 3.63) is 36.0 Å². The molecule has 0 bridgehead atoms. The van der Waals surface area contributed by atoms with E-state index in [0.29, 0.717) is 0 Å². The molecule has 17 heavy (non-hydrogen) atoms. The van der Waals surface area contributed by atoms with Gasteiger partial charge in [0.05, 0.1) is 0 Å². The van der Waals surface area contributed by atoms with Crippen LogP contribution in [0.5, 0.6) is 0 Å². The summed E-state index contributed by atoms with van der Waals surface area (Å²) in [5.74, 6) is -0.317. The van der Waals surface area contributed by atoms with Gasteiger partial charge in [0, 0.05) is 11.7 Å². The molecule has 0 aliphatic heterocycles. The van der Waals surface area contributed by atoms with Gasteiger partial charge in [-0.3, -0.25) is 4.79 Å². The fourth-order valence-electron chi connectivity index (χ4n) is 1.97. The van der Waals surface area contributed by atoms with Crippen molar-refractivity contribution < 1.29 is 4.79 Å². The molecule has 1 aromatic heterocycles. The van der Waals surface area contributed by atoms with Crippen LogP contribution in [0, 0.1) is 0 Å². The monoisotopic (exact) mass is 230 g/mol. The molecule has 0 saturated heterocycles. The van der Waals surface area contributed by atoms with Crippen LogP contribution in [0.1, 0.15) is 26.3 Å². The van der Waals surface area contributed by atoms with Crippen molar-refractivity contribution in [1.29, 1.82) is 0 Å². The van der Waals surface area contributed by atoms with Crippen molar-refractivity contribution in [2.24, 2.45) is 5.73 Å². The summed E-state index contributed by atoms with van der Waals surface area (Å²) in [6.45, 7) is 6.80. The standard InChI is InChI=1S/C14H18N2O/c1-14(2,3)11-4-5-12-10(8-11)6-7-16(12)9-13(15)17/h4-8H,9H2,1-3H3,(H2,15,17). The maximum atomic E-state index is 10.9. The second kappa shape index (κ2) is 3.91. The second-order valence-electron chi connectivity index (χ2n) is 5.43. The average Bonchev–Trinajstić information content (AvgIpc) is 2.59. The van der Waals surface area contributed by atoms with E-state index in [9.17, 15) is 4.79 Å². The summed E-state index contributed by atoms with van der Waals surface area (Å²) in [7, 11) is 0. The van der Waals surface area contributed by atoms with Crippen LogP contribution in [0.15, 0.2) is 30.5 Å². The first-order valence-corrected chi connectivity index (χ1v) is 5.75. The van der Waals surface area contributed by atoms with Gasteiger partial charge in [-0.25, -0.2) is 0 Å². The minimum Gasteiger partial charge on any atom is -0.368 e. The number of nitrogens with zero attached hydrogens (tertiary/aromatic N) is 1. The Labute approximate surface area is 101 Å². The lowest BCUT2D eigenvalue weighted by Gasteiger charge is -2.19. The van der Waals surface area contributed by atoms with Crippen LogP contribution in [-0.2, 0) is 16.8 Å². The zero-order valence-corrected chi connectivity index (χ0v) is 10.5. The predicted molar refractivity (Wildman–Crippen MR) is 69.8 cm³/mol. The Morgan fingerprint density at radius 2 is 2.00 bits per heavy atom. The van der Waals surface area contributed by atoms with E-state index < -0.39 is 0 Å². The summed E-state index contributed by atoms with van der Waals surface area (Å²) < 4.78 is 1.88. The molecular weight excluding hydrogens is 212 g/mol. The first-order chi connectivity index (χ1) is 7.88. The van der Waals surface area contributed by atoms with Crippen LogP contribution in [0.25, 0.3) is 10.9 Å². The van der Waals surface area contributed by atoms with Crippen molar-refractivity contribution in [2.75, 3.05) is 0 Å². The highest BCUT2D eigenvalue weighted by atomic mass is 16.1. The largest absolute Gasteiger partial charge is 0.368 e. The van der Waals surface area contributed by atoms with Crippen LogP contribution in [0.2, 0.25) is 0 Å². The third kappa shape index (κ3) is 2.33. The number of hydrogen-bond donors (Lipinski definition) is 1. The highest BCUT2D eigenvalue weighted by Gasteiger charge is 2.14. The maximum absolute atomic E-state index is 10.9. The van der Waals surface area contributed by atoms with Crippen LogP contribution in [-0.4, -0.2) is 10.5 Å². The van der Waals surface area contributed by atoms with Gasteiger partial charge in [0.2, 0.25) is 5.91 Å². The molecule has 0 atom stereocenters. The molecule has 2 N–H and O–H groups in total. The minimum absolute atomic E-state index is 0.139. The normalized spacial score (nSPS) is 11.9. The van der Waals surface area contributed by atoms with Gasteiger partial charge in [-0.15, -0.1) is 0 Å². The van der Waals surface area contributed by atoms with E-state index in [0.717, 1.165) is 10.9 Å². The predicted octanol–water partition coefficient (Wildman–Crippen LogP) is 2.42. The van der Waals surface area contributed by atoms with Gasteiger partial charge in [0.15, 0.2) is 0 Å². The Bertz CT molecular complexity index is 561. The number of nitrogens with two attached hydrogens (primary N) is 1. The molecule has 3 heteroatoms. The number of carbonyl (C=O) groups is 1. The molecule has 2 rings (SSSR count). The van der Waals surface area contributed by atoms with E-state index >= 15 is 0 Å². The molecule has 0 radical (unpaired) electrons. The summed E-state index contributed by atoms with van der Waals surface area (Å²) in [6, 6.07) is 8.36. The molecule has 0 aliphatic carbocycles. The number of aromatic nitrogens is 1. The summed E-state index contributed by atoms with van der Waals surface area (Å²) in [5.41, 5.74) is 7.70. The van der Waals surface area contributed by atoms with Gasteiger partial charge >= 0.3 is 0 Å². The SMILES string of the molecule is CC(C)(C)c1ccc2c(ccn2CC(N)=O)c1. The van der Waals surface area contributed by atoms with E-state index in [1.165, 1.54) is 5.56 Å². The topological polar surface area (TPSA) is 48.0 Å². The van der Waals surface area contributed by atoms with Crippen LogP contribution in [0.4, 0.5) is 0 Å². The zero-order valence-electron chi connectivity index (χ0n) is 10.5. The molecule has 0 saturated carbocycles. The van der Waals surface area contributed by atoms with Crippen molar-refractivity contribution in [1.82, 2.24) is 4.57 Å². The molecule has 0 spiro atoms. The molecule has 1 amide bonds. The molecule has 2 aromatic rings. The highest BCUT2D eigenvalue weighted by molar-refractivity contribution is 5.83. The maximum Gasteiger partial charge on any atom is 0.237 e. The molecule has 1 aromatic carbocycles. The van der Waals surface area contributed by atoms with Crippen LogP contribution in [0.3, 0.4) is 0 Å². The number of benzene rings is 1. The highest BCUT2D eigenvalue weighted by Crippen LogP contribution is 2.26. The van der Waals surface area contributed by atoms with E-state index in [1.54, 1.807) is 0 Å². The molecular formula is C14H18N2O. The van der Waals surface area contributed by atoms with Gasteiger partial charge < -0.3 is 10.3 Å². The van der Waals surface area contributed by atoms with Crippen molar-refractivity contribution >= 4 is 16.8 Å².